The molecule has 6 heteroatoms. The van der Waals surface area contributed by atoms with Gasteiger partial charge in [-0.05, 0) is 123 Å². The quantitative estimate of drug-likeness (QED) is 0.410. The van der Waals surface area contributed by atoms with Gasteiger partial charge < -0.3 is 9.73 Å². The molecule has 8 atom stereocenters. The van der Waals surface area contributed by atoms with Gasteiger partial charge in [-0.1, -0.05) is 40.5 Å². The van der Waals surface area contributed by atoms with Crippen LogP contribution in [0.4, 0.5) is 13.2 Å². The molecule has 0 saturated heterocycles. The molecule has 0 aromatic carbocycles. The van der Waals surface area contributed by atoms with E-state index in [4.69, 9.17) is 4.42 Å². The van der Waals surface area contributed by atoms with Gasteiger partial charge >= 0.3 is 6.18 Å². The van der Waals surface area contributed by atoms with Gasteiger partial charge in [0.15, 0.2) is 0 Å². The van der Waals surface area contributed by atoms with Gasteiger partial charge in [-0.15, -0.1) is 0 Å². The zero-order valence-electron chi connectivity index (χ0n) is 24.6. The lowest BCUT2D eigenvalue weighted by molar-refractivity contribution is -0.196. The number of amides is 1. The van der Waals surface area contributed by atoms with Gasteiger partial charge in [0.05, 0.1) is 11.7 Å². The Labute approximate surface area is 232 Å². The van der Waals surface area contributed by atoms with Crippen molar-refractivity contribution in [3.05, 3.63) is 23.2 Å². The minimum absolute atomic E-state index is 0.0193. The molecule has 1 N–H and O–H groups in total. The summed E-state index contributed by atoms with van der Waals surface area (Å²) in [4.78, 5) is 13.9. The average Bonchev–Trinajstić information content (AvgIpc) is 3.46. The topological polar surface area (TPSA) is 42.2 Å². The van der Waals surface area contributed by atoms with Gasteiger partial charge in [0.2, 0.25) is 11.7 Å². The van der Waals surface area contributed by atoms with E-state index in [2.05, 4.69) is 33.0 Å². The number of carbonyl (C=O) groups is 1. The molecule has 0 aliphatic heterocycles. The number of alkyl halides is 3. The lowest BCUT2D eigenvalue weighted by Gasteiger charge is -2.68. The van der Waals surface area contributed by atoms with Gasteiger partial charge in [0, 0.05) is 12.1 Å². The molecule has 1 aromatic rings. The van der Waals surface area contributed by atoms with E-state index < -0.39 is 17.4 Å². The molecule has 6 rings (SSSR count). The van der Waals surface area contributed by atoms with Crippen molar-refractivity contribution < 1.29 is 22.4 Å². The van der Waals surface area contributed by atoms with Crippen molar-refractivity contribution in [2.24, 2.45) is 51.2 Å². The highest BCUT2D eigenvalue weighted by atomic mass is 19.4. The zero-order chi connectivity index (χ0) is 28.0. The van der Waals surface area contributed by atoms with E-state index in [9.17, 15) is 18.0 Å². The number of rotatable bonds is 3. The third-order valence-electron chi connectivity index (χ3n) is 13.5. The van der Waals surface area contributed by atoms with Crippen LogP contribution in [0.15, 0.2) is 10.7 Å². The molecule has 3 nitrogen and oxygen atoms in total. The van der Waals surface area contributed by atoms with Crippen LogP contribution in [0, 0.1) is 58.2 Å². The van der Waals surface area contributed by atoms with Crippen molar-refractivity contribution in [1.29, 1.82) is 0 Å². The van der Waals surface area contributed by atoms with E-state index >= 15 is 0 Å². The number of carbonyl (C=O) groups excluding carboxylic acids is 1. The number of aryl methyl sites for hydroxylation is 1. The molecular weight excluding hydrogens is 499 g/mol. The molecule has 0 bridgehead atoms. The van der Waals surface area contributed by atoms with Crippen molar-refractivity contribution >= 4 is 5.91 Å². The predicted octanol–water partition coefficient (Wildman–Crippen LogP) is 9.08. The van der Waals surface area contributed by atoms with Gasteiger partial charge in [-0.3, -0.25) is 4.79 Å². The van der Waals surface area contributed by atoms with E-state index in [0.29, 0.717) is 39.6 Å². The van der Waals surface area contributed by atoms with Crippen molar-refractivity contribution in [2.75, 3.05) is 0 Å². The van der Waals surface area contributed by atoms with Gasteiger partial charge in [-0.2, -0.15) is 13.2 Å². The Balaban J connectivity index is 1.23. The molecule has 1 heterocycles. The van der Waals surface area contributed by atoms with E-state index in [0.717, 1.165) is 50.2 Å². The van der Waals surface area contributed by atoms with E-state index in [1.54, 1.807) is 6.92 Å². The number of hydrogen-bond donors (Lipinski definition) is 1. The van der Waals surface area contributed by atoms with Crippen LogP contribution >= 0.6 is 0 Å². The fourth-order valence-corrected chi connectivity index (χ4v) is 12.0. The standard InChI is InChI=1S/C33H48F3NO2/c1-20-19-39-27(33(34,35)36)22(20)18-37-28(38)32-15-6-8-24(32)21-9-10-26-30(4,23(21)11-17-32)16-12-25-29(2,3)13-7-14-31(25,26)5/h19,21,23-26H,6-18H2,1-5H3,(H,37,38). The SMILES string of the molecule is Cc1coc(C(F)(F)F)c1CNC(=O)C12CCCC1C1CCC3C(C)(CCC4C(C)(C)CCCC43C)C1CC2. The molecule has 39 heavy (non-hydrogen) atoms. The Bertz CT molecular complexity index is 1120. The van der Waals surface area contributed by atoms with E-state index in [-0.39, 0.29) is 18.0 Å². The third kappa shape index (κ3) is 3.99. The summed E-state index contributed by atoms with van der Waals surface area (Å²) in [5.41, 5.74) is 1.25. The summed E-state index contributed by atoms with van der Waals surface area (Å²) < 4.78 is 45.3. The average molecular weight is 548 g/mol. The first-order valence-electron chi connectivity index (χ1n) is 15.7. The van der Waals surface area contributed by atoms with Crippen LogP contribution in [-0.4, -0.2) is 5.91 Å². The first-order valence-corrected chi connectivity index (χ1v) is 15.7. The predicted molar refractivity (Wildman–Crippen MR) is 146 cm³/mol. The van der Waals surface area contributed by atoms with Gasteiger partial charge in [-0.25, -0.2) is 0 Å². The minimum atomic E-state index is -4.56. The Morgan fingerprint density at radius 3 is 2.41 bits per heavy atom. The maximum Gasteiger partial charge on any atom is 0.449 e. The number of hydrogen-bond acceptors (Lipinski definition) is 2. The molecule has 5 saturated carbocycles. The molecule has 5 aliphatic carbocycles. The summed E-state index contributed by atoms with van der Waals surface area (Å²) >= 11 is 0. The van der Waals surface area contributed by atoms with Gasteiger partial charge in [0.25, 0.3) is 0 Å². The molecule has 218 valence electrons. The van der Waals surface area contributed by atoms with E-state index in [1.165, 1.54) is 44.9 Å². The Kier molecular flexibility index (Phi) is 6.40. The number of furan rings is 1. The molecule has 0 spiro atoms. The van der Waals surface area contributed by atoms with Crippen molar-refractivity contribution in [1.82, 2.24) is 5.32 Å². The first kappa shape index (κ1) is 27.7. The number of nitrogens with one attached hydrogen (secondary N) is 1. The molecule has 8 unspecified atom stereocenters. The second-order valence-corrected chi connectivity index (χ2v) is 15.4. The van der Waals surface area contributed by atoms with Crippen LogP contribution in [0.3, 0.4) is 0 Å². The molecule has 1 amide bonds. The molecular formula is C33H48F3NO2. The normalized spacial score (nSPS) is 43.1. The van der Waals surface area contributed by atoms with E-state index in [1.807, 2.05) is 0 Å². The van der Waals surface area contributed by atoms with Crippen molar-refractivity contribution in [3.8, 4) is 0 Å². The van der Waals surface area contributed by atoms with Gasteiger partial charge in [0.1, 0.15) is 0 Å². The fraction of sp³-hybridized carbons (Fsp3) is 0.848. The smallest absolute Gasteiger partial charge is 0.449 e. The molecule has 1 aromatic heterocycles. The largest absolute Gasteiger partial charge is 0.459 e. The highest BCUT2D eigenvalue weighted by Crippen LogP contribution is 2.73. The summed E-state index contributed by atoms with van der Waals surface area (Å²) in [6.07, 6.45) is 10.8. The zero-order valence-corrected chi connectivity index (χ0v) is 24.6. The Hall–Kier alpha value is -1.46. The monoisotopic (exact) mass is 547 g/mol. The second kappa shape index (κ2) is 9.02. The van der Waals surface area contributed by atoms with Crippen LogP contribution < -0.4 is 5.32 Å². The summed E-state index contributed by atoms with van der Waals surface area (Å²) in [6, 6.07) is 0. The lowest BCUT2D eigenvalue weighted by Crippen LogP contribution is -2.62. The summed E-state index contributed by atoms with van der Waals surface area (Å²) in [6.45, 7) is 11.8. The Morgan fingerprint density at radius 1 is 0.897 bits per heavy atom. The van der Waals surface area contributed by atoms with Crippen LogP contribution in [0.2, 0.25) is 0 Å². The minimum Gasteiger partial charge on any atom is -0.459 e. The highest BCUT2D eigenvalue weighted by molar-refractivity contribution is 5.83. The van der Waals surface area contributed by atoms with Crippen molar-refractivity contribution in [2.45, 2.75) is 124 Å². The summed E-state index contributed by atoms with van der Waals surface area (Å²) in [7, 11) is 0. The van der Waals surface area contributed by atoms with Crippen LogP contribution in [0.5, 0.6) is 0 Å². The van der Waals surface area contributed by atoms with Crippen LogP contribution in [0.1, 0.15) is 122 Å². The Morgan fingerprint density at radius 2 is 1.67 bits per heavy atom. The maximum atomic E-state index is 13.9. The number of fused-ring (bicyclic) bond motifs is 7. The van der Waals surface area contributed by atoms with Crippen LogP contribution in [-0.2, 0) is 17.5 Å². The second-order valence-electron chi connectivity index (χ2n) is 15.4. The molecule has 5 fully saturated rings. The van der Waals surface area contributed by atoms with Crippen molar-refractivity contribution in [3.63, 3.8) is 0 Å². The summed E-state index contributed by atoms with van der Waals surface area (Å²) in [5, 5.41) is 2.98. The van der Waals surface area contributed by atoms with Crippen LogP contribution in [0.25, 0.3) is 0 Å². The third-order valence-corrected chi connectivity index (χ3v) is 13.5. The fourth-order valence-electron chi connectivity index (χ4n) is 12.0. The first-order chi connectivity index (χ1) is 18.2. The summed E-state index contributed by atoms with van der Waals surface area (Å²) in [5.74, 6) is 2.15. The molecule has 0 radical (unpaired) electrons. The maximum absolute atomic E-state index is 13.9. The lowest BCUT2D eigenvalue weighted by atomic mass is 9.36. The molecule has 5 aliphatic rings. The number of halogens is 3. The highest BCUT2D eigenvalue weighted by Gasteiger charge is 2.66.